The molecule has 0 fully saturated rings. The first-order chi connectivity index (χ1) is 13.6. The summed E-state index contributed by atoms with van der Waals surface area (Å²) in [6.07, 6.45) is 0. The summed E-state index contributed by atoms with van der Waals surface area (Å²) in [4.78, 5) is 26.2. The minimum atomic E-state index is -0.932. The van der Waals surface area contributed by atoms with Gasteiger partial charge in [-0.05, 0) is 69.0 Å². The van der Waals surface area contributed by atoms with E-state index in [1.165, 1.54) is 18.9 Å². The van der Waals surface area contributed by atoms with Crippen LogP contribution in [0.1, 0.15) is 47.6 Å². The van der Waals surface area contributed by atoms with Gasteiger partial charge in [0, 0.05) is 5.75 Å². The van der Waals surface area contributed by atoms with E-state index < -0.39 is 16.6 Å². The molecule has 29 heavy (non-hydrogen) atoms. The van der Waals surface area contributed by atoms with Gasteiger partial charge in [0.15, 0.2) is 5.78 Å². The van der Waals surface area contributed by atoms with Crippen molar-refractivity contribution in [2.45, 2.75) is 51.0 Å². The standard InChI is InChI=1S/C24H30O4S/c1-15-12-16(2)20(17(3)13-15)21(23(26)28-7)22(25)24(4,5)29-14-18-8-10-19(27-6)11-9-18/h8-13,21H,14H2,1-7H3. The van der Waals surface area contributed by atoms with E-state index in [0.717, 1.165) is 33.6 Å². The summed E-state index contributed by atoms with van der Waals surface area (Å²) in [5.74, 6) is -0.132. The van der Waals surface area contributed by atoms with Crippen molar-refractivity contribution < 1.29 is 19.1 Å². The molecule has 2 rings (SSSR count). The summed E-state index contributed by atoms with van der Waals surface area (Å²) >= 11 is 1.52. The Kier molecular flexibility index (Phi) is 7.53. The Hall–Kier alpha value is -2.27. The van der Waals surface area contributed by atoms with Crippen LogP contribution in [-0.2, 0) is 20.1 Å². The van der Waals surface area contributed by atoms with Crippen molar-refractivity contribution in [3.63, 3.8) is 0 Å². The molecule has 2 aromatic rings. The fraction of sp³-hybridized carbons (Fsp3) is 0.417. The lowest BCUT2D eigenvalue weighted by Gasteiger charge is -2.28. The lowest BCUT2D eigenvalue weighted by Crippen LogP contribution is -2.38. The van der Waals surface area contributed by atoms with Crippen LogP contribution in [0.4, 0.5) is 0 Å². The number of hydrogen-bond acceptors (Lipinski definition) is 5. The second kappa shape index (κ2) is 9.49. The molecular formula is C24H30O4S. The van der Waals surface area contributed by atoms with Gasteiger partial charge in [-0.15, -0.1) is 11.8 Å². The smallest absolute Gasteiger partial charge is 0.320 e. The topological polar surface area (TPSA) is 52.6 Å². The van der Waals surface area contributed by atoms with Crippen LogP contribution in [0.15, 0.2) is 36.4 Å². The molecule has 1 atom stereocenters. The molecule has 0 aliphatic rings. The van der Waals surface area contributed by atoms with E-state index in [-0.39, 0.29) is 5.78 Å². The van der Waals surface area contributed by atoms with Gasteiger partial charge >= 0.3 is 5.97 Å². The zero-order valence-electron chi connectivity index (χ0n) is 18.3. The van der Waals surface area contributed by atoms with Gasteiger partial charge in [-0.1, -0.05) is 29.8 Å². The molecule has 1 unspecified atom stereocenters. The summed E-state index contributed by atoms with van der Waals surface area (Å²) in [6.45, 7) is 9.64. The molecule has 4 nitrogen and oxygen atoms in total. The van der Waals surface area contributed by atoms with Crippen LogP contribution in [0.3, 0.4) is 0 Å². The summed E-state index contributed by atoms with van der Waals surface area (Å²) in [7, 11) is 2.96. The Morgan fingerprint density at radius 3 is 2.03 bits per heavy atom. The summed E-state index contributed by atoms with van der Waals surface area (Å²) in [6, 6.07) is 11.8. The molecule has 0 amide bonds. The molecule has 0 heterocycles. The van der Waals surface area contributed by atoms with Crippen molar-refractivity contribution in [3.05, 3.63) is 64.2 Å². The number of hydrogen-bond donors (Lipinski definition) is 0. The number of thioether (sulfide) groups is 1. The van der Waals surface area contributed by atoms with Crippen molar-refractivity contribution in [1.29, 1.82) is 0 Å². The number of esters is 1. The molecule has 2 aromatic carbocycles. The van der Waals surface area contributed by atoms with Crippen LogP contribution >= 0.6 is 11.8 Å². The third-order valence-corrected chi connectivity index (χ3v) is 6.48. The lowest BCUT2D eigenvalue weighted by molar-refractivity contribution is -0.146. The van der Waals surface area contributed by atoms with Crippen molar-refractivity contribution >= 4 is 23.5 Å². The molecule has 0 aromatic heterocycles. The molecule has 0 radical (unpaired) electrons. The number of carbonyl (C=O) groups excluding carboxylic acids is 2. The maximum atomic E-state index is 13.5. The second-order valence-electron chi connectivity index (χ2n) is 7.78. The molecule has 0 aliphatic carbocycles. The van der Waals surface area contributed by atoms with Crippen molar-refractivity contribution in [1.82, 2.24) is 0 Å². The number of rotatable bonds is 8. The molecule has 0 spiro atoms. The highest BCUT2D eigenvalue weighted by atomic mass is 32.2. The van der Waals surface area contributed by atoms with Crippen molar-refractivity contribution in [3.8, 4) is 5.75 Å². The zero-order valence-corrected chi connectivity index (χ0v) is 19.1. The van der Waals surface area contributed by atoms with E-state index >= 15 is 0 Å². The van der Waals surface area contributed by atoms with Crippen LogP contribution in [0.2, 0.25) is 0 Å². The number of ether oxygens (including phenoxy) is 2. The van der Waals surface area contributed by atoms with E-state index in [0.29, 0.717) is 5.75 Å². The summed E-state index contributed by atoms with van der Waals surface area (Å²) in [5.41, 5.74) is 4.82. The molecule has 0 aliphatic heterocycles. The fourth-order valence-corrected chi connectivity index (χ4v) is 4.50. The predicted molar refractivity (Wildman–Crippen MR) is 119 cm³/mol. The maximum absolute atomic E-state index is 13.5. The molecule has 0 saturated carbocycles. The average Bonchev–Trinajstić information content (AvgIpc) is 2.68. The number of carbonyl (C=O) groups is 2. The number of aryl methyl sites for hydroxylation is 3. The Morgan fingerprint density at radius 1 is 1.00 bits per heavy atom. The number of methoxy groups -OCH3 is 2. The minimum absolute atomic E-state index is 0.141. The summed E-state index contributed by atoms with van der Waals surface area (Å²) in [5, 5.41) is 0. The second-order valence-corrected chi connectivity index (χ2v) is 9.38. The fourth-order valence-electron chi connectivity index (χ4n) is 3.52. The maximum Gasteiger partial charge on any atom is 0.320 e. The first-order valence-corrected chi connectivity index (χ1v) is 10.6. The zero-order chi connectivity index (χ0) is 21.8. The number of Topliss-reactive ketones (excluding diaryl/α,β-unsaturated/α-hetero) is 1. The highest BCUT2D eigenvalue weighted by molar-refractivity contribution is 8.00. The minimum Gasteiger partial charge on any atom is -0.497 e. The van der Waals surface area contributed by atoms with E-state index in [2.05, 4.69) is 0 Å². The lowest BCUT2D eigenvalue weighted by atomic mass is 9.83. The highest BCUT2D eigenvalue weighted by Crippen LogP contribution is 2.37. The molecule has 0 N–H and O–H groups in total. The average molecular weight is 415 g/mol. The normalized spacial score (nSPS) is 12.4. The van der Waals surface area contributed by atoms with Crippen LogP contribution < -0.4 is 4.74 Å². The quantitative estimate of drug-likeness (QED) is 0.441. The van der Waals surface area contributed by atoms with E-state index in [1.807, 2.05) is 71.0 Å². The molecular weight excluding hydrogens is 384 g/mol. The first-order valence-electron chi connectivity index (χ1n) is 9.57. The Balaban J connectivity index is 2.31. The van der Waals surface area contributed by atoms with Gasteiger partial charge in [0.25, 0.3) is 0 Å². The third kappa shape index (κ3) is 5.41. The third-order valence-electron chi connectivity index (χ3n) is 5.08. The Morgan fingerprint density at radius 2 is 1.55 bits per heavy atom. The predicted octanol–water partition coefficient (Wildman–Crippen LogP) is 5.16. The van der Waals surface area contributed by atoms with E-state index in [9.17, 15) is 9.59 Å². The van der Waals surface area contributed by atoms with Gasteiger partial charge in [-0.3, -0.25) is 9.59 Å². The molecule has 5 heteroatoms. The number of ketones is 1. The van der Waals surface area contributed by atoms with Gasteiger partial charge in [-0.25, -0.2) is 0 Å². The van der Waals surface area contributed by atoms with Crippen LogP contribution in [0.5, 0.6) is 5.75 Å². The van der Waals surface area contributed by atoms with Crippen LogP contribution in [0.25, 0.3) is 0 Å². The molecule has 0 saturated heterocycles. The van der Waals surface area contributed by atoms with Gasteiger partial charge in [0.2, 0.25) is 0 Å². The summed E-state index contributed by atoms with van der Waals surface area (Å²) < 4.78 is 9.46. The van der Waals surface area contributed by atoms with Crippen molar-refractivity contribution in [2.75, 3.05) is 14.2 Å². The Labute approximate surface area is 178 Å². The Bertz CT molecular complexity index is 861. The molecule has 156 valence electrons. The SMILES string of the molecule is COC(=O)C(C(=O)C(C)(C)SCc1ccc(OC)cc1)c1c(C)cc(C)cc1C. The van der Waals surface area contributed by atoms with Crippen LogP contribution in [-0.4, -0.2) is 30.7 Å². The largest absolute Gasteiger partial charge is 0.497 e. The van der Waals surface area contributed by atoms with E-state index in [4.69, 9.17) is 9.47 Å². The number of benzene rings is 2. The van der Waals surface area contributed by atoms with Gasteiger partial charge < -0.3 is 9.47 Å². The molecule has 0 bridgehead atoms. The van der Waals surface area contributed by atoms with Gasteiger partial charge in [0.05, 0.1) is 19.0 Å². The van der Waals surface area contributed by atoms with Crippen LogP contribution in [0, 0.1) is 20.8 Å². The van der Waals surface area contributed by atoms with Gasteiger partial charge in [-0.2, -0.15) is 0 Å². The van der Waals surface area contributed by atoms with E-state index in [1.54, 1.807) is 7.11 Å². The van der Waals surface area contributed by atoms with Gasteiger partial charge in [0.1, 0.15) is 11.7 Å². The monoisotopic (exact) mass is 414 g/mol. The highest BCUT2D eigenvalue weighted by Gasteiger charge is 2.41. The van der Waals surface area contributed by atoms with Crippen molar-refractivity contribution in [2.24, 2.45) is 0 Å². The first kappa shape index (κ1) is 23.0.